The van der Waals surface area contributed by atoms with Gasteiger partial charge in [0.05, 0.1) is 21.8 Å². The van der Waals surface area contributed by atoms with Crippen molar-refractivity contribution in [3.05, 3.63) is 81.3 Å². The fourth-order valence-corrected chi connectivity index (χ4v) is 3.41. The zero-order valence-corrected chi connectivity index (χ0v) is 17.1. The summed E-state index contributed by atoms with van der Waals surface area (Å²) in [6, 6.07) is 11.6. The van der Waals surface area contributed by atoms with E-state index in [0.717, 1.165) is 5.56 Å². The fourth-order valence-electron chi connectivity index (χ4n) is 2.97. The van der Waals surface area contributed by atoms with Crippen LogP contribution in [0.3, 0.4) is 0 Å². The molecule has 3 aromatic heterocycles. The van der Waals surface area contributed by atoms with Crippen molar-refractivity contribution in [1.29, 1.82) is 0 Å². The van der Waals surface area contributed by atoms with E-state index < -0.39 is 4.92 Å². The maximum atomic E-state index is 11.7. The average Bonchev–Trinajstić information content (AvgIpc) is 3.14. The Morgan fingerprint density at radius 1 is 1.10 bits per heavy atom. The number of nitro benzene ring substituents is 1. The number of pyridine rings is 2. The molecular weight excluding hydrogens is 427 g/mol. The summed E-state index contributed by atoms with van der Waals surface area (Å²) < 4.78 is 1.63. The molecule has 0 radical (unpaired) electrons. The Balaban J connectivity index is 1.72. The smallest absolute Gasteiger partial charge is 0.293 e. The van der Waals surface area contributed by atoms with Crippen molar-refractivity contribution in [2.75, 3.05) is 5.32 Å². The third-order valence-electron chi connectivity index (χ3n) is 4.32. The van der Waals surface area contributed by atoms with Gasteiger partial charge in [-0.25, -0.2) is 4.98 Å². The summed E-state index contributed by atoms with van der Waals surface area (Å²) in [5.74, 6) is 0.330. The maximum absolute atomic E-state index is 11.7. The molecule has 0 fully saturated rings. The van der Waals surface area contributed by atoms with Gasteiger partial charge in [0.25, 0.3) is 5.69 Å². The molecule has 0 atom stereocenters. The van der Waals surface area contributed by atoms with Gasteiger partial charge in [0.15, 0.2) is 0 Å². The van der Waals surface area contributed by atoms with Gasteiger partial charge >= 0.3 is 0 Å². The minimum atomic E-state index is -0.455. The number of nitro groups is 1. The molecule has 30 heavy (non-hydrogen) atoms. The van der Waals surface area contributed by atoms with E-state index in [-0.39, 0.29) is 16.5 Å². The van der Waals surface area contributed by atoms with E-state index in [0.29, 0.717) is 27.7 Å². The van der Waals surface area contributed by atoms with E-state index in [2.05, 4.69) is 20.4 Å². The van der Waals surface area contributed by atoms with Crippen LogP contribution < -0.4 is 5.32 Å². The van der Waals surface area contributed by atoms with Crippen LogP contribution in [0.4, 0.5) is 17.2 Å². The lowest BCUT2D eigenvalue weighted by Gasteiger charge is -2.10. The number of nitrogens with one attached hydrogen (secondary N) is 1. The van der Waals surface area contributed by atoms with Crippen molar-refractivity contribution in [3.8, 4) is 22.4 Å². The van der Waals surface area contributed by atoms with Crippen molar-refractivity contribution in [2.24, 2.45) is 7.05 Å². The summed E-state index contributed by atoms with van der Waals surface area (Å²) in [5, 5.41) is 19.4. The van der Waals surface area contributed by atoms with E-state index in [4.69, 9.17) is 23.2 Å². The van der Waals surface area contributed by atoms with Crippen LogP contribution in [0, 0.1) is 10.1 Å². The minimum absolute atomic E-state index is 0.101. The molecule has 8 nitrogen and oxygen atoms in total. The standard InChI is InChI=1S/C20H14Cl2N6O2/c1-27-11-14(10-24-27)12-4-5-16(17(7-12)28(29)30)25-19-9-13(8-18(22)26-19)20-15(21)3-2-6-23-20/h2-11H,1H3,(H,25,26). The lowest BCUT2D eigenvalue weighted by molar-refractivity contribution is -0.383. The monoisotopic (exact) mass is 440 g/mol. The molecule has 0 unspecified atom stereocenters. The van der Waals surface area contributed by atoms with Crippen LogP contribution in [0.1, 0.15) is 0 Å². The molecule has 0 saturated carbocycles. The summed E-state index contributed by atoms with van der Waals surface area (Å²) in [5.41, 5.74) is 2.81. The topological polar surface area (TPSA) is 98.8 Å². The van der Waals surface area contributed by atoms with E-state index in [1.807, 2.05) is 0 Å². The van der Waals surface area contributed by atoms with Crippen LogP contribution in [-0.4, -0.2) is 24.7 Å². The van der Waals surface area contributed by atoms with Crippen LogP contribution in [0.5, 0.6) is 0 Å². The van der Waals surface area contributed by atoms with Gasteiger partial charge in [0, 0.05) is 36.6 Å². The molecule has 0 amide bonds. The Bertz CT molecular complexity index is 1260. The number of halogens is 2. The number of rotatable bonds is 5. The summed E-state index contributed by atoms with van der Waals surface area (Å²) in [6.45, 7) is 0. The first-order chi connectivity index (χ1) is 14.4. The van der Waals surface area contributed by atoms with Gasteiger partial charge < -0.3 is 5.32 Å². The Hall–Kier alpha value is -3.49. The third-order valence-corrected chi connectivity index (χ3v) is 4.82. The van der Waals surface area contributed by atoms with Gasteiger partial charge in [-0.05, 0) is 35.9 Å². The first kappa shape index (κ1) is 19.8. The highest BCUT2D eigenvalue weighted by molar-refractivity contribution is 6.33. The van der Waals surface area contributed by atoms with Gasteiger partial charge in [0.2, 0.25) is 0 Å². The summed E-state index contributed by atoms with van der Waals surface area (Å²) in [6.07, 6.45) is 5.05. The number of aryl methyl sites for hydroxylation is 1. The van der Waals surface area contributed by atoms with Crippen LogP contribution >= 0.6 is 23.2 Å². The lowest BCUT2D eigenvalue weighted by Crippen LogP contribution is -2.00. The fraction of sp³-hybridized carbons (Fsp3) is 0.0500. The van der Waals surface area contributed by atoms with Crippen molar-refractivity contribution >= 4 is 40.4 Å². The van der Waals surface area contributed by atoms with Crippen LogP contribution in [0.2, 0.25) is 10.2 Å². The van der Waals surface area contributed by atoms with E-state index in [1.165, 1.54) is 6.07 Å². The zero-order chi connectivity index (χ0) is 21.3. The Morgan fingerprint density at radius 3 is 2.63 bits per heavy atom. The molecule has 3 heterocycles. The normalized spacial score (nSPS) is 10.8. The van der Waals surface area contributed by atoms with E-state index in [1.54, 1.807) is 66.7 Å². The quantitative estimate of drug-likeness (QED) is 0.249. The van der Waals surface area contributed by atoms with E-state index >= 15 is 0 Å². The molecule has 0 bridgehead atoms. The molecule has 1 aromatic carbocycles. The van der Waals surface area contributed by atoms with Crippen molar-refractivity contribution in [1.82, 2.24) is 19.7 Å². The Kier molecular flexibility index (Phi) is 5.35. The summed E-state index contributed by atoms with van der Waals surface area (Å²) in [4.78, 5) is 19.7. The number of aromatic nitrogens is 4. The first-order valence-electron chi connectivity index (χ1n) is 8.73. The predicted molar refractivity (Wildman–Crippen MR) is 116 cm³/mol. The van der Waals surface area contributed by atoms with Gasteiger partial charge in [0.1, 0.15) is 16.7 Å². The Morgan fingerprint density at radius 2 is 1.93 bits per heavy atom. The molecule has 0 spiro atoms. The number of benzene rings is 1. The van der Waals surface area contributed by atoms with Gasteiger partial charge in [-0.15, -0.1) is 0 Å². The SMILES string of the molecule is Cn1cc(-c2ccc(Nc3cc(-c4ncccc4Cl)cc(Cl)n3)c([N+](=O)[O-])c2)cn1. The molecule has 10 heteroatoms. The molecule has 0 aliphatic rings. The number of anilines is 2. The molecular formula is C20H14Cl2N6O2. The molecule has 0 aliphatic carbocycles. The lowest BCUT2D eigenvalue weighted by atomic mass is 10.1. The average molecular weight is 441 g/mol. The van der Waals surface area contributed by atoms with Gasteiger partial charge in [-0.2, -0.15) is 5.10 Å². The maximum Gasteiger partial charge on any atom is 0.293 e. The highest BCUT2D eigenvalue weighted by Gasteiger charge is 2.17. The highest BCUT2D eigenvalue weighted by Crippen LogP contribution is 2.34. The Labute approximate surface area is 181 Å². The molecule has 1 N–H and O–H groups in total. The number of hydrogen-bond acceptors (Lipinski definition) is 6. The molecule has 4 rings (SSSR count). The molecule has 4 aromatic rings. The largest absolute Gasteiger partial charge is 0.335 e. The molecule has 150 valence electrons. The van der Waals surface area contributed by atoms with Gasteiger partial charge in [-0.1, -0.05) is 29.3 Å². The van der Waals surface area contributed by atoms with Crippen LogP contribution in [0.15, 0.2) is 61.1 Å². The minimum Gasteiger partial charge on any atom is -0.335 e. The number of nitrogens with zero attached hydrogens (tertiary/aromatic N) is 5. The zero-order valence-electron chi connectivity index (χ0n) is 15.6. The van der Waals surface area contributed by atoms with Crippen molar-refractivity contribution < 1.29 is 4.92 Å². The van der Waals surface area contributed by atoms with Gasteiger partial charge in [-0.3, -0.25) is 19.8 Å². The van der Waals surface area contributed by atoms with E-state index in [9.17, 15) is 10.1 Å². The van der Waals surface area contributed by atoms with Crippen LogP contribution in [-0.2, 0) is 7.05 Å². The predicted octanol–water partition coefficient (Wildman–Crippen LogP) is 5.50. The molecule has 0 saturated heterocycles. The first-order valence-corrected chi connectivity index (χ1v) is 9.49. The highest BCUT2D eigenvalue weighted by atomic mass is 35.5. The summed E-state index contributed by atoms with van der Waals surface area (Å²) in [7, 11) is 1.78. The molecule has 0 aliphatic heterocycles. The third kappa shape index (κ3) is 4.10. The second-order valence-corrected chi connectivity index (χ2v) is 7.21. The second kappa shape index (κ2) is 8.10. The second-order valence-electron chi connectivity index (χ2n) is 6.41. The number of hydrogen-bond donors (Lipinski definition) is 1. The van der Waals surface area contributed by atoms with Crippen molar-refractivity contribution in [3.63, 3.8) is 0 Å². The summed E-state index contributed by atoms with van der Waals surface area (Å²) >= 11 is 12.4. The van der Waals surface area contributed by atoms with Crippen molar-refractivity contribution in [2.45, 2.75) is 0 Å². The van der Waals surface area contributed by atoms with Crippen LogP contribution in [0.25, 0.3) is 22.4 Å².